The molecule has 0 spiro atoms. The third kappa shape index (κ3) is 5.91. The van der Waals surface area contributed by atoms with Crippen LogP contribution in [0.3, 0.4) is 0 Å². The van der Waals surface area contributed by atoms with Gasteiger partial charge in [-0.3, -0.25) is 0 Å². The van der Waals surface area contributed by atoms with Crippen LogP contribution in [0.1, 0.15) is 18.4 Å². The first kappa shape index (κ1) is 16.4. The summed E-state index contributed by atoms with van der Waals surface area (Å²) in [5.74, 6) is 0.160. The van der Waals surface area contributed by atoms with E-state index in [4.69, 9.17) is 0 Å². The molecule has 0 amide bonds. The topological polar surface area (TPSA) is 58.2 Å². The highest BCUT2D eigenvalue weighted by Crippen LogP contribution is 2.05. The molecule has 1 atom stereocenters. The standard InChI is InChI=1S/C13H20N2O2S.ClH/c16-18(17,15-13-7-4-9-14-11-13)10-8-12-5-2-1-3-6-12;/h1-3,5-6,13-15H,4,7-11H2;1H. The van der Waals surface area contributed by atoms with Crippen molar-refractivity contribution >= 4 is 22.4 Å². The summed E-state index contributed by atoms with van der Waals surface area (Å²) >= 11 is 0. The fourth-order valence-corrected chi connectivity index (χ4v) is 3.49. The number of hydrogen-bond donors (Lipinski definition) is 2. The minimum atomic E-state index is -3.17. The second kappa shape index (κ2) is 7.85. The Balaban J connectivity index is 0.00000180. The smallest absolute Gasteiger partial charge is 0.212 e. The molecule has 1 heterocycles. The van der Waals surface area contributed by atoms with Crippen molar-refractivity contribution in [3.05, 3.63) is 35.9 Å². The molecular weight excluding hydrogens is 284 g/mol. The van der Waals surface area contributed by atoms with E-state index in [2.05, 4.69) is 10.0 Å². The fraction of sp³-hybridized carbons (Fsp3) is 0.538. The Morgan fingerprint density at radius 1 is 1.26 bits per heavy atom. The summed E-state index contributed by atoms with van der Waals surface area (Å²) in [5.41, 5.74) is 1.06. The first-order valence-electron chi connectivity index (χ1n) is 6.40. The molecule has 2 N–H and O–H groups in total. The number of hydrogen-bond acceptors (Lipinski definition) is 3. The molecule has 0 aliphatic carbocycles. The van der Waals surface area contributed by atoms with Crippen molar-refractivity contribution in [2.45, 2.75) is 25.3 Å². The average Bonchev–Trinajstić information content (AvgIpc) is 2.38. The molecule has 1 aliphatic heterocycles. The first-order chi connectivity index (χ1) is 8.66. The van der Waals surface area contributed by atoms with Gasteiger partial charge < -0.3 is 5.32 Å². The lowest BCUT2D eigenvalue weighted by Crippen LogP contribution is -2.46. The molecule has 2 rings (SSSR count). The van der Waals surface area contributed by atoms with E-state index in [-0.39, 0.29) is 24.2 Å². The number of nitrogens with one attached hydrogen (secondary N) is 2. The van der Waals surface area contributed by atoms with Crippen LogP contribution < -0.4 is 10.0 Å². The lowest BCUT2D eigenvalue weighted by atomic mass is 10.1. The van der Waals surface area contributed by atoms with E-state index < -0.39 is 10.0 Å². The van der Waals surface area contributed by atoms with Crippen LogP contribution in [0.25, 0.3) is 0 Å². The highest BCUT2D eigenvalue weighted by molar-refractivity contribution is 7.89. The number of halogens is 1. The molecule has 19 heavy (non-hydrogen) atoms. The SMILES string of the molecule is Cl.O=S(=O)(CCc1ccccc1)NC1CCCNC1. The lowest BCUT2D eigenvalue weighted by Gasteiger charge is -2.23. The van der Waals surface area contributed by atoms with Crippen LogP contribution in [0.5, 0.6) is 0 Å². The predicted molar refractivity (Wildman–Crippen MR) is 80.2 cm³/mol. The van der Waals surface area contributed by atoms with E-state index >= 15 is 0 Å². The van der Waals surface area contributed by atoms with E-state index in [1.54, 1.807) is 0 Å². The maximum Gasteiger partial charge on any atom is 0.212 e. The van der Waals surface area contributed by atoms with Crippen molar-refractivity contribution in [1.29, 1.82) is 0 Å². The van der Waals surface area contributed by atoms with Gasteiger partial charge in [0.05, 0.1) is 5.75 Å². The zero-order valence-electron chi connectivity index (χ0n) is 10.8. The Kier molecular flexibility index (Phi) is 6.79. The molecular formula is C13H21ClN2O2S. The number of benzene rings is 1. The zero-order chi connectivity index (χ0) is 12.8. The van der Waals surface area contributed by atoms with Crippen molar-refractivity contribution < 1.29 is 8.42 Å². The maximum atomic E-state index is 11.9. The van der Waals surface area contributed by atoms with Gasteiger partial charge in [-0.25, -0.2) is 13.1 Å². The molecule has 1 aliphatic rings. The highest BCUT2D eigenvalue weighted by Gasteiger charge is 2.19. The van der Waals surface area contributed by atoms with Gasteiger partial charge in [-0.2, -0.15) is 0 Å². The van der Waals surface area contributed by atoms with Gasteiger partial charge in [0.2, 0.25) is 10.0 Å². The van der Waals surface area contributed by atoms with Gasteiger partial charge in [-0.1, -0.05) is 30.3 Å². The summed E-state index contributed by atoms with van der Waals surface area (Å²) in [6, 6.07) is 9.76. The van der Waals surface area contributed by atoms with Gasteiger partial charge in [0.15, 0.2) is 0 Å². The summed E-state index contributed by atoms with van der Waals surface area (Å²) in [7, 11) is -3.17. The van der Waals surface area contributed by atoms with Crippen LogP contribution in [-0.2, 0) is 16.4 Å². The van der Waals surface area contributed by atoms with Gasteiger partial charge in [0.1, 0.15) is 0 Å². The minimum Gasteiger partial charge on any atom is -0.315 e. The van der Waals surface area contributed by atoms with Crippen LogP contribution in [0.4, 0.5) is 0 Å². The summed E-state index contributed by atoms with van der Waals surface area (Å²) in [5, 5.41) is 3.20. The summed E-state index contributed by atoms with van der Waals surface area (Å²) in [4.78, 5) is 0. The first-order valence-corrected chi connectivity index (χ1v) is 8.05. The van der Waals surface area contributed by atoms with E-state index in [1.807, 2.05) is 30.3 Å². The van der Waals surface area contributed by atoms with Gasteiger partial charge in [-0.15, -0.1) is 12.4 Å². The van der Waals surface area contributed by atoms with Crippen LogP contribution in [-0.4, -0.2) is 33.3 Å². The van der Waals surface area contributed by atoms with Crippen molar-refractivity contribution in [1.82, 2.24) is 10.0 Å². The Morgan fingerprint density at radius 3 is 2.63 bits per heavy atom. The highest BCUT2D eigenvalue weighted by atomic mass is 35.5. The van der Waals surface area contributed by atoms with Crippen molar-refractivity contribution in [3.8, 4) is 0 Å². The molecule has 1 saturated heterocycles. The molecule has 1 aromatic carbocycles. The molecule has 0 saturated carbocycles. The number of piperidine rings is 1. The third-order valence-electron chi connectivity index (χ3n) is 3.15. The van der Waals surface area contributed by atoms with Crippen molar-refractivity contribution in [3.63, 3.8) is 0 Å². The minimum absolute atomic E-state index is 0. The van der Waals surface area contributed by atoms with E-state index in [1.165, 1.54) is 0 Å². The van der Waals surface area contributed by atoms with Crippen LogP contribution in [0.2, 0.25) is 0 Å². The largest absolute Gasteiger partial charge is 0.315 e. The molecule has 1 unspecified atom stereocenters. The fourth-order valence-electron chi connectivity index (χ4n) is 2.16. The molecule has 0 radical (unpaired) electrons. The molecule has 0 bridgehead atoms. The molecule has 1 fully saturated rings. The van der Waals surface area contributed by atoms with Gasteiger partial charge in [0.25, 0.3) is 0 Å². The normalized spacial score (nSPS) is 19.7. The molecule has 108 valence electrons. The van der Waals surface area contributed by atoms with E-state index in [9.17, 15) is 8.42 Å². The molecule has 1 aromatic rings. The predicted octanol–water partition coefficient (Wildman–Crippen LogP) is 1.32. The number of sulfonamides is 1. The quantitative estimate of drug-likeness (QED) is 0.862. The van der Waals surface area contributed by atoms with Crippen LogP contribution in [0, 0.1) is 0 Å². The Labute approximate surface area is 121 Å². The van der Waals surface area contributed by atoms with Crippen molar-refractivity contribution in [2.24, 2.45) is 0 Å². The summed E-state index contributed by atoms with van der Waals surface area (Å²) < 4.78 is 26.6. The van der Waals surface area contributed by atoms with Crippen LogP contribution >= 0.6 is 12.4 Å². The van der Waals surface area contributed by atoms with E-state index in [0.29, 0.717) is 6.42 Å². The van der Waals surface area contributed by atoms with E-state index in [0.717, 1.165) is 31.5 Å². The summed E-state index contributed by atoms with van der Waals surface area (Å²) in [6.07, 6.45) is 2.53. The second-order valence-electron chi connectivity index (χ2n) is 4.72. The third-order valence-corrected chi connectivity index (χ3v) is 4.58. The monoisotopic (exact) mass is 304 g/mol. The van der Waals surface area contributed by atoms with Gasteiger partial charge >= 0.3 is 0 Å². The maximum absolute atomic E-state index is 11.9. The van der Waals surface area contributed by atoms with Crippen LogP contribution in [0.15, 0.2) is 30.3 Å². The van der Waals surface area contributed by atoms with Crippen molar-refractivity contribution in [2.75, 3.05) is 18.8 Å². The Morgan fingerprint density at radius 2 is 2.00 bits per heavy atom. The second-order valence-corrected chi connectivity index (χ2v) is 6.59. The molecule has 0 aromatic heterocycles. The van der Waals surface area contributed by atoms with Gasteiger partial charge in [-0.05, 0) is 31.4 Å². The number of rotatable bonds is 5. The summed E-state index contributed by atoms with van der Waals surface area (Å²) in [6.45, 7) is 1.73. The Hall–Kier alpha value is -0.620. The number of aryl methyl sites for hydroxylation is 1. The molecule has 4 nitrogen and oxygen atoms in total. The Bertz CT molecular complexity index is 459. The average molecular weight is 305 g/mol. The zero-order valence-corrected chi connectivity index (χ0v) is 12.5. The van der Waals surface area contributed by atoms with Gasteiger partial charge in [0, 0.05) is 12.6 Å². The lowest BCUT2D eigenvalue weighted by molar-refractivity contribution is 0.428. The molecule has 6 heteroatoms.